The highest BCUT2D eigenvalue weighted by molar-refractivity contribution is 14.0. The fraction of sp³-hybridized carbons (Fsp3) is 0.667. The van der Waals surface area contributed by atoms with Crippen molar-refractivity contribution in [3.8, 4) is 11.5 Å². The summed E-state index contributed by atoms with van der Waals surface area (Å²) < 4.78 is 35.4. The Morgan fingerprint density at radius 2 is 1.97 bits per heavy atom. The predicted molar refractivity (Wildman–Crippen MR) is 131 cm³/mol. The smallest absolute Gasteiger partial charge is 0.193 e. The number of sulfone groups is 1. The van der Waals surface area contributed by atoms with Crippen LogP contribution in [-0.4, -0.2) is 63.1 Å². The first-order valence-electron chi connectivity index (χ1n) is 10.3. The SMILES string of the molecule is CN=C(NCc1ccc(OC)c(OC2CCCC2)c1)N1CCS(=O)(=O)C(C)(C)C1.I. The van der Waals surface area contributed by atoms with Gasteiger partial charge in [-0.2, -0.15) is 0 Å². The third-order valence-electron chi connectivity index (χ3n) is 5.83. The molecule has 2 aliphatic rings. The van der Waals surface area contributed by atoms with Crippen LogP contribution in [0.3, 0.4) is 0 Å². The number of aliphatic imine (C=N–C) groups is 1. The van der Waals surface area contributed by atoms with Gasteiger partial charge in [-0.3, -0.25) is 4.99 Å². The summed E-state index contributed by atoms with van der Waals surface area (Å²) in [5.41, 5.74) is 1.06. The van der Waals surface area contributed by atoms with Crippen LogP contribution in [-0.2, 0) is 16.4 Å². The minimum Gasteiger partial charge on any atom is -0.493 e. The van der Waals surface area contributed by atoms with E-state index in [4.69, 9.17) is 9.47 Å². The second-order valence-electron chi connectivity index (χ2n) is 8.41. The largest absolute Gasteiger partial charge is 0.493 e. The number of nitrogens with zero attached hydrogens (tertiary/aromatic N) is 2. The Kier molecular flexibility index (Phi) is 8.67. The van der Waals surface area contributed by atoms with E-state index in [0.29, 0.717) is 25.6 Å². The van der Waals surface area contributed by atoms with Crippen molar-refractivity contribution in [3.05, 3.63) is 23.8 Å². The fourth-order valence-corrected chi connectivity index (χ4v) is 5.31. The van der Waals surface area contributed by atoms with Crippen LogP contribution in [0.15, 0.2) is 23.2 Å². The van der Waals surface area contributed by atoms with Crippen LogP contribution >= 0.6 is 24.0 Å². The molecule has 1 aromatic carbocycles. The molecule has 0 unspecified atom stereocenters. The zero-order chi connectivity index (χ0) is 21.1. The number of nitrogens with one attached hydrogen (secondary N) is 1. The highest BCUT2D eigenvalue weighted by Crippen LogP contribution is 2.32. The second kappa shape index (κ2) is 10.4. The fourth-order valence-electron chi connectivity index (χ4n) is 3.95. The van der Waals surface area contributed by atoms with Gasteiger partial charge in [0.05, 0.1) is 23.7 Å². The molecule has 1 heterocycles. The Balaban J connectivity index is 0.00000320. The van der Waals surface area contributed by atoms with Crippen molar-refractivity contribution in [2.75, 3.05) is 33.0 Å². The van der Waals surface area contributed by atoms with Gasteiger partial charge in [0, 0.05) is 26.7 Å². The van der Waals surface area contributed by atoms with E-state index in [1.807, 2.05) is 23.1 Å². The van der Waals surface area contributed by atoms with Crippen LogP contribution in [0.4, 0.5) is 0 Å². The number of halogens is 1. The first-order chi connectivity index (χ1) is 13.8. The summed E-state index contributed by atoms with van der Waals surface area (Å²) in [5.74, 6) is 2.37. The molecule has 0 bridgehead atoms. The molecule has 0 atom stereocenters. The van der Waals surface area contributed by atoms with Crippen molar-refractivity contribution in [1.82, 2.24) is 10.2 Å². The van der Waals surface area contributed by atoms with Gasteiger partial charge in [-0.15, -0.1) is 24.0 Å². The topological polar surface area (TPSA) is 80.2 Å². The van der Waals surface area contributed by atoms with Crippen molar-refractivity contribution in [2.24, 2.45) is 4.99 Å². The Bertz CT molecular complexity index is 852. The van der Waals surface area contributed by atoms with Gasteiger partial charge in [0.15, 0.2) is 27.3 Å². The van der Waals surface area contributed by atoms with Crippen molar-refractivity contribution in [1.29, 1.82) is 0 Å². The van der Waals surface area contributed by atoms with E-state index in [-0.39, 0.29) is 35.8 Å². The summed E-state index contributed by atoms with van der Waals surface area (Å²) in [6, 6.07) is 5.95. The van der Waals surface area contributed by atoms with E-state index in [1.54, 1.807) is 28.0 Å². The minimum atomic E-state index is -3.08. The van der Waals surface area contributed by atoms with Crippen LogP contribution < -0.4 is 14.8 Å². The summed E-state index contributed by atoms with van der Waals surface area (Å²) in [4.78, 5) is 6.37. The molecule has 3 rings (SSSR count). The molecule has 1 aliphatic heterocycles. The third kappa shape index (κ3) is 5.72. The summed E-state index contributed by atoms with van der Waals surface area (Å²) in [6.07, 6.45) is 4.87. The normalized spacial score (nSPS) is 21.1. The quantitative estimate of drug-likeness (QED) is 0.344. The number of hydrogen-bond acceptors (Lipinski definition) is 5. The number of hydrogen-bond donors (Lipinski definition) is 1. The molecule has 1 aromatic rings. The first-order valence-corrected chi connectivity index (χ1v) is 11.9. The minimum absolute atomic E-state index is 0. The van der Waals surface area contributed by atoms with Crippen LogP contribution in [0, 0.1) is 0 Å². The molecule has 9 heteroatoms. The number of methoxy groups -OCH3 is 1. The Hall–Kier alpha value is -1.23. The van der Waals surface area contributed by atoms with E-state index in [2.05, 4.69) is 10.3 Å². The summed E-state index contributed by atoms with van der Waals surface area (Å²) in [7, 11) is 0.296. The molecule has 7 nitrogen and oxygen atoms in total. The van der Waals surface area contributed by atoms with E-state index >= 15 is 0 Å². The molecule has 170 valence electrons. The Morgan fingerprint density at radius 1 is 1.27 bits per heavy atom. The lowest BCUT2D eigenvalue weighted by molar-refractivity contribution is 0.200. The second-order valence-corrected chi connectivity index (χ2v) is 11.2. The number of benzene rings is 1. The number of guanidine groups is 1. The van der Waals surface area contributed by atoms with Crippen LogP contribution in [0.1, 0.15) is 45.1 Å². The van der Waals surface area contributed by atoms with E-state index < -0.39 is 14.6 Å². The van der Waals surface area contributed by atoms with Crippen LogP contribution in [0.5, 0.6) is 11.5 Å². The van der Waals surface area contributed by atoms with Gasteiger partial charge < -0.3 is 19.7 Å². The maximum atomic E-state index is 12.3. The average molecular weight is 551 g/mol. The molecule has 0 amide bonds. The average Bonchev–Trinajstić information content (AvgIpc) is 3.18. The lowest BCUT2D eigenvalue weighted by Gasteiger charge is -2.39. The number of rotatable bonds is 5. The van der Waals surface area contributed by atoms with Crippen LogP contribution in [0.2, 0.25) is 0 Å². The lowest BCUT2D eigenvalue weighted by Crippen LogP contribution is -2.57. The summed E-state index contributed by atoms with van der Waals surface area (Å²) in [5, 5.41) is 3.36. The highest BCUT2D eigenvalue weighted by Gasteiger charge is 2.40. The zero-order valence-electron chi connectivity index (χ0n) is 18.3. The van der Waals surface area contributed by atoms with E-state index in [0.717, 1.165) is 29.9 Å². The maximum absolute atomic E-state index is 12.3. The maximum Gasteiger partial charge on any atom is 0.193 e. The predicted octanol–water partition coefficient (Wildman–Crippen LogP) is 3.22. The third-order valence-corrected chi connectivity index (χ3v) is 8.36. The Labute approximate surface area is 197 Å². The summed E-state index contributed by atoms with van der Waals surface area (Å²) in [6.45, 7) is 4.99. The van der Waals surface area contributed by atoms with Gasteiger partial charge in [0.2, 0.25) is 0 Å². The van der Waals surface area contributed by atoms with Crippen LogP contribution in [0.25, 0.3) is 0 Å². The van der Waals surface area contributed by atoms with Gasteiger partial charge in [-0.25, -0.2) is 8.42 Å². The molecular formula is C21H34IN3O4S. The van der Waals surface area contributed by atoms with E-state index in [1.165, 1.54) is 12.8 Å². The molecule has 0 aromatic heterocycles. The van der Waals surface area contributed by atoms with Crippen molar-refractivity contribution < 1.29 is 17.9 Å². The molecule has 1 N–H and O–H groups in total. The van der Waals surface area contributed by atoms with Gasteiger partial charge in [-0.05, 0) is 57.2 Å². The monoisotopic (exact) mass is 551 g/mol. The van der Waals surface area contributed by atoms with Gasteiger partial charge >= 0.3 is 0 Å². The van der Waals surface area contributed by atoms with Gasteiger partial charge in [-0.1, -0.05) is 6.07 Å². The number of ether oxygens (including phenoxy) is 2. The molecule has 2 fully saturated rings. The van der Waals surface area contributed by atoms with Gasteiger partial charge in [0.25, 0.3) is 0 Å². The standard InChI is InChI=1S/C21H33N3O4S.HI/c1-21(2)15-24(11-12-29(21,25)26)20(22-3)23-14-16-9-10-18(27-4)19(13-16)28-17-7-5-6-8-17;/h9-10,13,17H,5-8,11-12,14-15H2,1-4H3,(H,22,23);1H. The molecule has 1 aliphatic carbocycles. The molecule has 0 spiro atoms. The van der Waals surface area contributed by atoms with Crippen molar-refractivity contribution in [2.45, 2.75) is 56.9 Å². The Morgan fingerprint density at radius 3 is 2.57 bits per heavy atom. The molecule has 0 radical (unpaired) electrons. The highest BCUT2D eigenvalue weighted by atomic mass is 127. The summed E-state index contributed by atoms with van der Waals surface area (Å²) >= 11 is 0. The van der Waals surface area contributed by atoms with Crippen molar-refractivity contribution >= 4 is 39.8 Å². The molecular weight excluding hydrogens is 517 g/mol. The zero-order valence-corrected chi connectivity index (χ0v) is 21.5. The van der Waals surface area contributed by atoms with Crippen molar-refractivity contribution in [3.63, 3.8) is 0 Å². The molecule has 1 saturated heterocycles. The molecule has 1 saturated carbocycles. The first kappa shape index (κ1) is 25.0. The van der Waals surface area contributed by atoms with Gasteiger partial charge in [0.1, 0.15) is 0 Å². The lowest BCUT2D eigenvalue weighted by atomic mass is 10.2. The van der Waals surface area contributed by atoms with E-state index in [9.17, 15) is 8.42 Å². The molecule has 30 heavy (non-hydrogen) atoms.